The van der Waals surface area contributed by atoms with Crippen molar-refractivity contribution in [1.82, 2.24) is 20.4 Å². The molecule has 2 aliphatic heterocycles. The van der Waals surface area contributed by atoms with Crippen molar-refractivity contribution in [3.05, 3.63) is 40.9 Å². The third-order valence-electron chi connectivity index (χ3n) is 6.21. The number of aliphatic hydroxyl groups is 1. The summed E-state index contributed by atoms with van der Waals surface area (Å²) in [5.41, 5.74) is 2.27. The van der Waals surface area contributed by atoms with Crippen molar-refractivity contribution in [1.29, 1.82) is 5.26 Å². The molecule has 0 aliphatic carbocycles. The Morgan fingerprint density at radius 2 is 2.15 bits per heavy atom. The van der Waals surface area contributed by atoms with E-state index in [1.165, 1.54) is 49.7 Å². The zero-order valence-corrected chi connectivity index (χ0v) is 20.4. The number of thioether (sulfide) groups is 1. The van der Waals surface area contributed by atoms with E-state index in [9.17, 15) is 9.90 Å². The number of amides is 1. The van der Waals surface area contributed by atoms with E-state index in [4.69, 9.17) is 5.26 Å². The maximum atomic E-state index is 12.5. The normalized spacial score (nSPS) is 23.9. The van der Waals surface area contributed by atoms with Gasteiger partial charge in [0.1, 0.15) is 18.8 Å². The van der Waals surface area contributed by atoms with Gasteiger partial charge < -0.3 is 26.0 Å². The van der Waals surface area contributed by atoms with Crippen LogP contribution >= 0.6 is 11.8 Å². The molecule has 9 heteroatoms. The number of nitrogens with one attached hydrogen (secondary N) is 3. The Morgan fingerprint density at radius 3 is 2.85 bits per heavy atom. The minimum Gasteiger partial charge on any atom is -0.373 e. The minimum atomic E-state index is -0.792. The summed E-state index contributed by atoms with van der Waals surface area (Å²) in [4.78, 5) is 17.7. The Morgan fingerprint density at radius 1 is 1.36 bits per heavy atom. The van der Waals surface area contributed by atoms with E-state index in [-0.39, 0.29) is 17.8 Å². The molecule has 33 heavy (non-hydrogen) atoms. The Kier molecular flexibility index (Phi) is 10.0. The van der Waals surface area contributed by atoms with Gasteiger partial charge in [0.15, 0.2) is 0 Å². The molecule has 2 fully saturated rings. The summed E-state index contributed by atoms with van der Waals surface area (Å²) in [6, 6.07) is 9.77. The molecule has 3 atom stereocenters. The van der Waals surface area contributed by atoms with Gasteiger partial charge in [-0.05, 0) is 63.6 Å². The second-order valence-corrected chi connectivity index (χ2v) is 9.59. The van der Waals surface area contributed by atoms with Crippen molar-refractivity contribution in [2.45, 2.75) is 50.3 Å². The molecule has 2 saturated heterocycles. The van der Waals surface area contributed by atoms with Crippen LogP contribution in [0.2, 0.25) is 0 Å². The lowest BCUT2D eigenvalue weighted by molar-refractivity contribution is -0.124. The number of nitriles is 1. The highest BCUT2D eigenvalue weighted by Gasteiger charge is 2.42. The Hall–Kier alpha value is -2.09. The van der Waals surface area contributed by atoms with E-state index in [1.807, 2.05) is 30.2 Å². The van der Waals surface area contributed by atoms with Gasteiger partial charge in [-0.1, -0.05) is 25.5 Å². The van der Waals surface area contributed by atoms with Gasteiger partial charge in [-0.3, -0.25) is 9.69 Å². The van der Waals surface area contributed by atoms with E-state index in [1.54, 1.807) is 7.05 Å². The zero-order chi connectivity index (χ0) is 23.6. The van der Waals surface area contributed by atoms with E-state index in [0.717, 1.165) is 23.6 Å². The SMILES string of the molecule is CCN1C(O)/C(=C\Nc2cccc(CCN3CCCCC3)c2)S[C@H]1[C@H](NC)C(=O)NCC#N. The van der Waals surface area contributed by atoms with Crippen molar-refractivity contribution in [3.63, 3.8) is 0 Å². The molecule has 1 amide bonds. The molecule has 1 unspecified atom stereocenters. The summed E-state index contributed by atoms with van der Waals surface area (Å²) in [5, 5.41) is 28.3. The number of carbonyl (C=O) groups excluding carboxylic acids is 1. The quantitative estimate of drug-likeness (QED) is 0.383. The summed E-state index contributed by atoms with van der Waals surface area (Å²) in [6.07, 6.45) is 6.03. The number of piperidine rings is 1. The molecule has 0 bridgehead atoms. The van der Waals surface area contributed by atoms with Gasteiger partial charge in [0.2, 0.25) is 5.91 Å². The number of rotatable bonds is 10. The van der Waals surface area contributed by atoms with Gasteiger partial charge in [0.05, 0.1) is 11.4 Å². The predicted octanol–water partition coefficient (Wildman–Crippen LogP) is 1.91. The number of likely N-dealkylation sites (N-methyl/N-ethyl adjacent to an activating group) is 2. The predicted molar refractivity (Wildman–Crippen MR) is 133 cm³/mol. The molecular formula is C24H36N6O2S. The third kappa shape index (κ3) is 6.95. The molecule has 0 saturated carbocycles. The highest BCUT2D eigenvalue weighted by molar-refractivity contribution is 8.04. The van der Waals surface area contributed by atoms with Crippen molar-refractivity contribution < 1.29 is 9.90 Å². The molecule has 0 aromatic heterocycles. The summed E-state index contributed by atoms with van der Waals surface area (Å²) in [6.45, 7) is 6.00. The summed E-state index contributed by atoms with van der Waals surface area (Å²) in [7, 11) is 1.72. The number of nitrogens with zero attached hydrogens (tertiary/aromatic N) is 3. The van der Waals surface area contributed by atoms with Crippen LogP contribution in [0.1, 0.15) is 31.7 Å². The number of likely N-dealkylation sites (tertiary alicyclic amines) is 1. The lowest BCUT2D eigenvalue weighted by atomic mass is 10.1. The number of hydrogen-bond acceptors (Lipinski definition) is 8. The van der Waals surface area contributed by atoms with Crippen LogP contribution < -0.4 is 16.0 Å². The monoisotopic (exact) mass is 472 g/mol. The highest BCUT2D eigenvalue weighted by Crippen LogP contribution is 2.39. The van der Waals surface area contributed by atoms with Crippen molar-refractivity contribution in [2.75, 3.05) is 45.1 Å². The fourth-order valence-corrected chi connectivity index (χ4v) is 5.83. The number of anilines is 1. The van der Waals surface area contributed by atoms with E-state index < -0.39 is 12.3 Å². The van der Waals surface area contributed by atoms with Crippen LogP contribution in [0.3, 0.4) is 0 Å². The second-order valence-electron chi connectivity index (χ2n) is 8.40. The van der Waals surface area contributed by atoms with Crippen LogP contribution in [0.5, 0.6) is 0 Å². The maximum Gasteiger partial charge on any atom is 0.240 e. The maximum absolute atomic E-state index is 12.5. The smallest absolute Gasteiger partial charge is 0.240 e. The largest absolute Gasteiger partial charge is 0.373 e. The molecule has 0 spiro atoms. The summed E-state index contributed by atoms with van der Waals surface area (Å²) >= 11 is 1.46. The molecular weight excluding hydrogens is 436 g/mol. The van der Waals surface area contributed by atoms with Crippen molar-refractivity contribution in [2.24, 2.45) is 0 Å². The molecule has 4 N–H and O–H groups in total. The number of aliphatic hydroxyl groups excluding tert-OH is 1. The Bertz CT molecular complexity index is 852. The first-order chi connectivity index (χ1) is 16.1. The second kappa shape index (κ2) is 13.0. The lowest BCUT2D eigenvalue weighted by Crippen LogP contribution is -2.54. The number of benzene rings is 1. The highest BCUT2D eigenvalue weighted by atomic mass is 32.2. The molecule has 180 valence electrons. The van der Waals surface area contributed by atoms with E-state index in [0.29, 0.717) is 6.54 Å². The third-order valence-corrected chi connectivity index (χ3v) is 7.60. The van der Waals surface area contributed by atoms with E-state index in [2.05, 4.69) is 39.0 Å². The zero-order valence-electron chi connectivity index (χ0n) is 19.6. The van der Waals surface area contributed by atoms with Crippen LogP contribution in [-0.2, 0) is 11.2 Å². The topological polar surface area (TPSA) is 104 Å². The molecule has 1 aromatic carbocycles. The van der Waals surface area contributed by atoms with Gasteiger partial charge in [-0.15, -0.1) is 11.8 Å². The molecule has 8 nitrogen and oxygen atoms in total. The summed E-state index contributed by atoms with van der Waals surface area (Å²) < 4.78 is 0. The number of hydrogen-bond donors (Lipinski definition) is 4. The average Bonchev–Trinajstić information content (AvgIpc) is 3.16. The molecule has 2 aliphatic rings. The average molecular weight is 473 g/mol. The Labute approximate surface area is 201 Å². The first kappa shape index (κ1) is 25.5. The van der Waals surface area contributed by atoms with E-state index >= 15 is 0 Å². The van der Waals surface area contributed by atoms with Gasteiger partial charge in [-0.2, -0.15) is 5.26 Å². The first-order valence-electron chi connectivity index (χ1n) is 11.8. The standard InChI is InChI=1S/C24H36N6O2S/c1-3-30-23(32)20(33-24(30)21(26-2)22(31)27-12-11-25)17-28-19-9-7-8-18(16-19)10-15-29-13-5-4-6-14-29/h7-9,16-17,21,23-24,26,28,32H,3-6,10,12-15H2,1-2H3,(H,27,31)/b20-17+/t21-,23?,24+/m1/s1. The van der Waals surface area contributed by atoms with Crippen LogP contribution in [0, 0.1) is 11.3 Å². The van der Waals surface area contributed by atoms with Crippen molar-refractivity contribution >= 4 is 23.4 Å². The lowest BCUT2D eigenvalue weighted by Gasteiger charge is -2.29. The van der Waals surface area contributed by atoms with Gasteiger partial charge in [0, 0.05) is 23.3 Å². The first-order valence-corrected chi connectivity index (χ1v) is 12.7. The number of carbonyl (C=O) groups is 1. The molecule has 3 rings (SSSR count). The fraction of sp³-hybridized carbons (Fsp3) is 0.583. The van der Waals surface area contributed by atoms with Crippen LogP contribution in [0.25, 0.3) is 0 Å². The van der Waals surface area contributed by atoms with Gasteiger partial charge in [0.25, 0.3) is 0 Å². The van der Waals surface area contributed by atoms with Gasteiger partial charge >= 0.3 is 0 Å². The van der Waals surface area contributed by atoms with Crippen LogP contribution in [-0.4, -0.2) is 78.2 Å². The fourth-order valence-electron chi connectivity index (χ4n) is 4.37. The summed E-state index contributed by atoms with van der Waals surface area (Å²) in [5.74, 6) is -0.252. The molecule has 0 radical (unpaired) electrons. The van der Waals surface area contributed by atoms with Crippen LogP contribution in [0.4, 0.5) is 5.69 Å². The van der Waals surface area contributed by atoms with Crippen molar-refractivity contribution in [3.8, 4) is 6.07 Å². The minimum absolute atomic E-state index is 0.0402. The molecule has 1 aromatic rings. The van der Waals surface area contributed by atoms with Gasteiger partial charge in [-0.25, -0.2) is 0 Å². The molecule has 2 heterocycles. The Balaban J connectivity index is 1.63. The van der Waals surface area contributed by atoms with Crippen LogP contribution in [0.15, 0.2) is 35.4 Å².